The number of hydrogen-bond acceptors (Lipinski definition) is 5. The van der Waals surface area contributed by atoms with Gasteiger partial charge in [-0.25, -0.2) is 9.59 Å². The third-order valence-electron chi connectivity index (χ3n) is 3.55. The standard InChI is InChI=1S/C9H8N2O2.C8H6N2O2/c1-13-9(12)6-2-3-8-7(4-6)5-10-11-8;11-8(12)5-1-2-7-6(3-5)4-9-10-7/h2-5H,1H3,(H,10,11);1-4H,(H,9,10)(H,11,12). The van der Waals surface area contributed by atoms with Gasteiger partial charge in [0.05, 0.1) is 41.7 Å². The fourth-order valence-electron chi connectivity index (χ4n) is 2.26. The minimum Gasteiger partial charge on any atom is -0.478 e. The molecule has 0 unspecified atom stereocenters. The highest BCUT2D eigenvalue weighted by Crippen LogP contribution is 2.13. The van der Waals surface area contributed by atoms with Gasteiger partial charge in [0, 0.05) is 10.8 Å². The number of nitrogens with one attached hydrogen (secondary N) is 2. The van der Waals surface area contributed by atoms with Crippen molar-refractivity contribution in [3.8, 4) is 0 Å². The van der Waals surface area contributed by atoms with Gasteiger partial charge in [-0.1, -0.05) is 0 Å². The van der Waals surface area contributed by atoms with E-state index < -0.39 is 5.97 Å². The number of aromatic nitrogens is 4. The van der Waals surface area contributed by atoms with E-state index in [4.69, 9.17) is 5.11 Å². The normalized spacial score (nSPS) is 10.3. The van der Waals surface area contributed by atoms with Gasteiger partial charge in [-0.15, -0.1) is 0 Å². The molecule has 0 aliphatic rings. The van der Waals surface area contributed by atoms with Crippen LogP contribution in [-0.4, -0.2) is 44.5 Å². The van der Waals surface area contributed by atoms with Gasteiger partial charge in [-0.2, -0.15) is 10.2 Å². The van der Waals surface area contributed by atoms with Crippen molar-refractivity contribution in [3.63, 3.8) is 0 Å². The molecule has 8 heteroatoms. The lowest BCUT2D eigenvalue weighted by Gasteiger charge is -1.97. The third kappa shape index (κ3) is 3.47. The highest BCUT2D eigenvalue weighted by Gasteiger charge is 2.06. The topological polar surface area (TPSA) is 121 Å². The summed E-state index contributed by atoms with van der Waals surface area (Å²) in [4.78, 5) is 21.7. The summed E-state index contributed by atoms with van der Waals surface area (Å²) in [6.07, 6.45) is 3.27. The van der Waals surface area contributed by atoms with Crippen molar-refractivity contribution in [2.45, 2.75) is 0 Å². The molecule has 0 fully saturated rings. The number of nitrogens with zero attached hydrogens (tertiary/aromatic N) is 2. The zero-order chi connectivity index (χ0) is 17.8. The van der Waals surface area contributed by atoms with Crippen molar-refractivity contribution in [2.24, 2.45) is 0 Å². The first-order valence-corrected chi connectivity index (χ1v) is 7.26. The van der Waals surface area contributed by atoms with Gasteiger partial charge in [0.1, 0.15) is 0 Å². The van der Waals surface area contributed by atoms with Gasteiger partial charge in [0.15, 0.2) is 0 Å². The molecule has 8 nitrogen and oxygen atoms in total. The number of esters is 1. The van der Waals surface area contributed by atoms with Gasteiger partial charge < -0.3 is 9.84 Å². The van der Waals surface area contributed by atoms with E-state index in [1.165, 1.54) is 7.11 Å². The monoisotopic (exact) mass is 338 g/mol. The molecule has 0 amide bonds. The zero-order valence-electron chi connectivity index (χ0n) is 13.2. The molecule has 0 saturated carbocycles. The van der Waals surface area contributed by atoms with Crippen LogP contribution in [0.5, 0.6) is 0 Å². The number of carbonyl (C=O) groups is 2. The lowest BCUT2D eigenvalue weighted by molar-refractivity contribution is 0.0600. The van der Waals surface area contributed by atoms with Crippen molar-refractivity contribution in [1.29, 1.82) is 0 Å². The lowest BCUT2D eigenvalue weighted by Crippen LogP contribution is -2.00. The summed E-state index contributed by atoms with van der Waals surface area (Å²) in [5.74, 6) is -1.25. The van der Waals surface area contributed by atoms with E-state index in [2.05, 4.69) is 25.1 Å². The van der Waals surface area contributed by atoms with E-state index in [-0.39, 0.29) is 11.5 Å². The molecule has 0 aliphatic heterocycles. The van der Waals surface area contributed by atoms with E-state index in [1.807, 2.05) is 0 Å². The maximum Gasteiger partial charge on any atom is 0.337 e. The second-order valence-corrected chi connectivity index (χ2v) is 5.14. The Kier molecular flexibility index (Phi) is 4.42. The second-order valence-electron chi connectivity index (χ2n) is 5.14. The fraction of sp³-hybridized carbons (Fsp3) is 0.0588. The van der Waals surface area contributed by atoms with Gasteiger partial charge in [0.2, 0.25) is 0 Å². The molecule has 4 rings (SSSR count). The number of rotatable bonds is 2. The molecule has 3 N–H and O–H groups in total. The van der Waals surface area contributed by atoms with Gasteiger partial charge in [-0.3, -0.25) is 10.2 Å². The Morgan fingerprint density at radius 2 is 1.44 bits per heavy atom. The molecular formula is C17H14N4O4. The first-order valence-electron chi connectivity index (χ1n) is 7.26. The molecule has 126 valence electrons. The Morgan fingerprint density at radius 1 is 0.920 bits per heavy atom. The van der Waals surface area contributed by atoms with Crippen LogP contribution in [0.1, 0.15) is 20.7 Å². The third-order valence-corrected chi connectivity index (χ3v) is 3.55. The fourth-order valence-corrected chi connectivity index (χ4v) is 2.26. The highest BCUT2D eigenvalue weighted by atomic mass is 16.5. The van der Waals surface area contributed by atoms with Crippen LogP contribution in [0.2, 0.25) is 0 Å². The van der Waals surface area contributed by atoms with E-state index >= 15 is 0 Å². The van der Waals surface area contributed by atoms with Crippen LogP contribution in [0.25, 0.3) is 21.8 Å². The number of carboxylic acids is 1. The van der Waals surface area contributed by atoms with E-state index in [9.17, 15) is 9.59 Å². The maximum absolute atomic E-state index is 11.1. The molecule has 0 atom stereocenters. The number of H-pyrrole nitrogens is 2. The number of benzene rings is 2. The Labute approximate surface area is 141 Å². The number of fused-ring (bicyclic) bond motifs is 2. The van der Waals surface area contributed by atoms with Crippen LogP contribution in [0.4, 0.5) is 0 Å². The summed E-state index contributed by atoms with van der Waals surface area (Å²) in [6, 6.07) is 10.1. The Hall–Kier alpha value is -3.68. The van der Waals surface area contributed by atoms with Crippen LogP contribution in [0.15, 0.2) is 48.8 Å². The molecule has 0 spiro atoms. The van der Waals surface area contributed by atoms with Crippen LogP contribution in [0, 0.1) is 0 Å². The zero-order valence-corrected chi connectivity index (χ0v) is 13.2. The van der Waals surface area contributed by atoms with Gasteiger partial charge >= 0.3 is 11.9 Å². The van der Waals surface area contributed by atoms with Crippen molar-refractivity contribution in [2.75, 3.05) is 7.11 Å². The second kappa shape index (κ2) is 6.83. The molecule has 0 radical (unpaired) electrons. The van der Waals surface area contributed by atoms with Gasteiger partial charge in [-0.05, 0) is 36.4 Å². The summed E-state index contributed by atoms with van der Waals surface area (Å²) in [6.45, 7) is 0. The summed E-state index contributed by atoms with van der Waals surface area (Å²) < 4.78 is 4.59. The van der Waals surface area contributed by atoms with E-state index in [1.54, 1.807) is 48.8 Å². The highest BCUT2D eigenvalue weighted by molar-refractivity contribution is 5.94. The number of carboxylic acid groups (broad SMARTS) is 1. The van der Waals surface area contributed by atoms with Crippen molar-refractivity contribution in [1.82, 2.24) is 20.4 Å². The lowest BCUT2D eigenvalue weighted by atomic mass is 10.2. The molecule has 0 bridgehead atoms. The average Bonchev–Trinajstić information content (AvgIpc) is 3.28. The van der Waals surface area contributed by atoms with Crippen molar-refractivity contribution in [3.05, 3.63) is 59.9 Å². The molecule has 4 aromatic rings. The summed E-state index contributed by atoms with van der Waals surface area (Å²) in [5, 5.41) is 23.5. The minimum atomic E-state index is -0.918. The van der Waals surface area contributed by atoms with Crippen LogP contribution in [-0.2, 0) is 4.74 Å². The summed E-state index contributed by atoms with van der Waals surface area (Å²) in [7, 11) is 1.36. The van der Waals surface area contributed by atoms with Gasteiger partial charge in [0.25, 0.3) is 0 Å². The molecular weight excluding hydrogens is 324 g/mol. The summed E-state index contributed by atoms with van der Waals surface area (Å²) >= 11 is 0. The Balaban J connectivity index is 0.000000146. The predicted octanol–water partition coefficient (Wildman–Crippen LogP) is 2.61. The number of hydrogen-bond donors (Lipinski definition) is 3. The molecule has 2 heterocycles. The van der Waals surface area contributed by atoms with E-state index in [0.717, 1.165) is 21.8 Å². The molecule has 0 saturated heterocycles. The molecule has 25 heavy (non-hydrogen) atoms. The number of aromatic amines is 2. The SMILES string of the molecule is COC(=O)c1ccc2[nH]ncc2c1.O=C(O)c1ccc2[nH]ncc2c1. The maximum atomic E-state index is 11.1. The molecule has 0 aliphatic carbocycles. The number of methoxy groups -OCH3 is 1. The average molecular weight is 338 g/mol. The number of carbonyl (C=O) groups excluding carboxylic acids is 1. The minimum absolute atomic E-state index is 0.281. The molecule has 2 aromatic carbocycles. The quantitative estimate of drug-likeness (QED) is 0.483. The number of aromatic carboxylic acids is 1. The first kappa shape index (κ1) is 16.2. The van der Waals surface area contributed by atoms with Crippen LogP contribution in [0.3, 0.4) is 0 Å². The Bertz CT molecular complexity index is 1050. The van der Waals surface area contributed by atoms with Crippen molar-refractivity contribution >= 4 is 33.7 Å². The Morgan fingerprint density at radius 3 is 1.96 bits per heavy atom. The van der Waals surface area contributed by atoms with Crippen LogP contribution >= 0.6 is 0 Å². The number of ether oxygens (including phenoxy) is 1. The van der Waals surface area contributed by atoms with E-state index in [0.29, 0.717) is 5.56 Å². The van der Waals surface area contributed by atoms with Crippen molar-refractivity contribution < 1.29 is 19.4 Å². The largest absolute Gasteiger partial charge is 0.478 e. The van der Waals surface area contributed by atoms with Crippen LogP contribution < -0.4 is 0 Å². The summed E-state index contributed by atoms with van der Waals surface area (Å²) in [5.41, 5.74) is 2.58. The first-order chi connectivity index (χ1) is 12.1. The molecule has 2 aromatic heterocycles. The predicted molar refractivity (Wildman–Crippen MR) is 90.5 cm³/mol. The smallest absolute Gasteiger partial charge is 0.337 e.